The molecule has 1 aliphatic rings. The predicted molar refractivity (Wildman–Crippen MR) is 63.4 cm³/mol. The first-order valence-electron chi connectivity index (χ1n) is 6.03. The molecule has 5 nitrogen and oxygen atoms in total. The van der Waals surface area contributed by atoms with Crippen molar-refractivity contribution in [3.05, 3.63) is 0 Å². The number of carbonyl (C=O) groups excluding carboxylic acids is 1. The molecule has 16 heavy (non-hydrogen) atoms. The van der Waals surface area contributed by atoms with Crippen molar-refractivity contribution in [3.8, 4) is 0 Å². The molecule has 0 bridgehead atoms. The molecule has 0 unspecified atom stereocenters. The van der Waals surface area contributed by atoms with Gasteiger partial charge < -0.3 is 15.4 Å². The molecular weight excluding hydrogens is 206 g/mol. The Kier molecular flexibility index (Phi) is 6.37. The van der Waals surface area contributed by atoms with Crippen LogP contribution in [0.15, 0.2) is 0 Å². The zero-order valence-corrected chi connectivity index (χ0v) is 10.3. The Morgan fingerprint density at radius 2 is 2.44 bits per heavy atom. The number of hydrogen-bond acceptors (Lipinski definition) is 4. The monoisotopic (exact) mass is 229 g/mol. The smallest absolute Gasteiger partial charge is 0.234 e. The van der Waals surface area contributed by atoms with Crippen molar-refractivity contribution in [1.29, 1.82) is 0 Å². The number of nitrogens with one attached hydrogen (secondary N) is 2. The largest absolute Gasteiger partial charge is 0.380 e. The van der Waals surface area contributed by atoms with Gasteiger partial charge in [0.15, 0.2) is 0 Å². The van der Waals surface area contributed by atoms with E-state index in [9.17, 15) is 4.79 Å². The van der Waals surface area contributed by atoms with Crippen LogP contribution in [0.2, 0.25) is 0 Å². The van der Waals surface area contributed by atoms with E-state index in [-0.39, 0.29) is 5.91 Å². The fourth-order valence-corrected chi connectivity index (χ4v) is 1.77. The molecule has 1 heterocycles. The summed E-state index contributed by atoms with van der Waals surface area (Å²) in [6.07, 6.45) is 0. The average Bonchev–Trinajstić information content (AvgIpc) is 2.28. The summed E-state index contributed by atoms with van der Waals surface area (Å²) < 4.78 is 5.16. The van der Waals surface area contributed by atoms with E-state index in [0.717, 1.165) is 19.6 Å². The summed E-state index contributed by atoms with van der Waals surface area (Å²) in [5.74, 6) is 0.0912. The number of ether oxygens (including phenoxy) is 1. The molecule has 0 aromatic rings. The fraction of sp³-hybridized carbons (Fsp3) is 0.909. The molecule has 1 amide bonds. The highest BCUT2D eigenvalue weighted by Crippen LogP contribution is 2.00. The zero-order valence-electron chi connectivity index (χ0n) is 10.3. The summed E-state index contributed by atoms with van der Waals surface area (Å²) in [7, 11) is 0. The van der Waals surface area contributed by atoms with E-state index in [0.29, 0.717) is 32.3 Å². The molecule has 0 aromatic heterocycles. The zero-order chi connectivity index (χ0) is 11.8. The number of nitrogens with zero attached hydrogens (tertiary/aromatic N) is 1. The maximum atomic E-state index is 11.6. The van der Waals surface area contributed by atoms with Crippen LogP contribution in [0.25, 0.3) is 0 Å². The Balaban J connectivity index is 2.12. The van der Waals surface area contributed by atoms with Gasteiger partial charge in [-0.25, -0.2) is 0 Å². The summed E-state index contributed by atoms with van der Waals surface area (Å²) >= 11 is 0. The first kappa shape index (κ1) is 13.4. The van der Waals surface area contributed by atoms with Crippen molar-refractivity contribution in [2.75, 3.05) is 45.9 Å². The minimum Gasteiger partial charge on any atom is -0.380 e. The van der Waals surface area contributed by atoms with E-state index in [4.69, 9.17) is 4.74 Å². The Morgan fingerprint density at radius 3 is 3.12 bits per heavy atom. The van der Waals surface area contributed by atoms with Crippen molar-refractivity contribution < 1.29 is 9.53 Å². The minimum absolute atomic E-state index is 0.0912. The van der Waals surface area contributed by atoms with Crippen LogP contribution < -0.4 is 10.6 Å². The fourth-order valence-electron chi connectivity index (χ4n) is 1.77. The van der Waals surface area contributed by atoms with Crippen molar-refractivity contribution in [2.45, 2.75) is 19.9 Å². The van der Waals surface area contributed by atoms with Crippen LogP contribution in [0.1, 0.15) is 13.8 Å². The molecule has 0 aliphatic carbocycles. The van der Waals surface area contributed by atoms with Gasteiger partial charge in [-0.2, -0.15) is 0 Å². The van der Waals surface area contributed by atoms with Gasteiger partial charge in [0.2, 0.25) is 5.91 Å². The topological polar surface area (TPSA) is 53.6 Å². The highest BCUT2D eigenvalue weighted by Gasteiger charge is 2.19. The molecule has 1 aliphatic heterocycles. The standard InChI is InChI=1S/C11H23N3O2/c1-3-16-7-5-13-11(15)9-14-6-4-12-8-10(14)2/h10,12H,3-9H2,1-2H3,(H,13,15)/t10-/m0/s1. The van der Waals surface area contributed by atoms with Crippen LogP contribution in [0.3, 0.4) is 0 Å². The molecule has 0 saturated carbocycles. The quantitative estimate of drug-likeness (QED) is 0.599. The molecule has 2 N–H and O–H groups in total. The molecule has 1 rings (SSSR count). The Labute approximate surface area is 97.5 Å². The van der Waals surface area contributed by atoms with Crippen LogP contribution in [0, 0.1) is 0 Å². The number of piperazine rings is 1. The maximum Gasteiger partial charge on any atom is 0.234 e. The van der Waals surface area contributed by atoms with E-state index >= 15 is 0 Å². The summed E-state index contributed by atoms with van der Waals surface area (Å²) in [6, 6.07) is 0.436. The van der Waals surface area contributed by atoms with Gasteiger partial charge in [0.25, 0.3) is 0 Å². The first-order chi connectivity index (χ1) is 7.74. The van der Waals surface area contributed by atoms with Crippen LogP contribution in [0.5, 0.6) is 0 Å². The molecule has 0 spiro atoms. The molecule has 1 saturated heterocycles. The number of carbonyl (C=O) groups is 1. The van der Waals surface area contributed by atoms with Gasteiger partial charge in [0.1, 0.15) is 0 Å². The van der Waals surface area contributed by atoms with E-state index in [2.05, 4.69) is 22.5 Å². The summed E-state index contributed by atoms with van der Waals surface area (Å²) in [5.41, 5.74) is 0. The molecule has 5 heteroatoms. The van der Waals surface area contributed by atoms with Crippen molar-refractivity contribution in [2.24, 2.45) is 0 Å². The van der Waals surface area contributed by atoms with Crippen LogP contribution in [-0.2, 0) is 9.53 Å². The molecular formula is C11H23N3O2. The third-order valence-corrected chi connectivity index (χ3v) is 2.76. The Hall–Kier alpha value is -0.650. The normalized spacial score (nSPS) is 22.0. The highest BCUT2D eigenvalue weighted by atomic mass is 16.5. The van der Waals surface area contributed by atoms with Crippen LogP contribution >= 0.6 is 0 Å². The lowest BCUT2D eigenvalue weighted by molar-refractivity contribution is -0.123. The van der Waals surface area contributed by atoms with E-state index in [1.807, 2.05) is 6.92 Å². The maximum absolute atomic E-state index is 11.6. The van der Waals surface area contributed by atoms with Crippen molar-refractivity contribution in [1.82, 2.24) is 15.5 Å². The summed E-state index contributed by atoms with van der Waals surface area (Å²) in [5, 5.41) is 6.16. The molecule has 1 atom stereocenters. The average molecular weight is 229 g/mol. The number of rotatable bonds is 6. The summed E-state index contributed by atoms with van der Waals surface area (Å²) in [6.45, 7) is 9.36. The van der Waals surface area contributed by atoms with Gasteiger partial charge in [-0.3, -0.25) is 9.69 Å². The van der Waals surface area contributed by atoms with Crippen LogP contribution in [0.4, 0.5) is 0 Å². The molecule has 1 fully saturated rings. The van der Waals surface area contributed by atoms with E-state index < -0.39 is 0 Å². The second kappa shape index (κ2) is 7.60. The van der Waals surface area contributed by atoms with Gasteiger partial charge >= 0.3 is 0 Å². The van der Waals surface area contributed by atoms with E-state index in [1.165, 1.54) is 0 Å². The van der Waals surface area contributed by atoms with Crippen molar-refractivity contribution in [3.63, 3.8) is 0 Å². The third kappa shape index (κ3) is 4.92. The lowest BCUT2D eigenvalue weighted by atomic mass is 10.2. The minimum atomic E-state index is 0.0912. The van der Waals surface area contributed by atoms with Gasteiger partial charge in [-0.15, -0.1) is 0 Å². The molecule has 0 aromatic carbocycles. The Morgan fingerprint density at radius 1 is 1.62 bits per heavy atom. The molecule has 0 radical (unpaired) electrons. The highest BCUT2D eigenvalue weighted by molar-refractivity contribution is 5.78. The van der Waals surface area contributed by atoms with Gasteiger partial charge in [-0.1, -0.05) is 0 Å². The number of amides is 1. The lowest BCUT2D eigenvalue weighted by Crippen LogP contribution is -2.52. The molecule has 94 valence electrons. The van der Waals surface area contributed by atoms with Crippen LogP contribution in [-0.4, -0.2) is 62.8 Å². The Bertz CT molecular complexity index is 211. The lowest BCUT2D eigenvalue weighted by Gasteiger charge is -2.33. The SMILES string of the molecule is CCOCCNC(=O)CN1CCNC[C@@H]1C. The second-order valence-corrected chi connectivity index (χ2v) is 4.07. The second-order valence-electron chi connectivity index (χ2n) is 4.07. The predicted octanol–water partition coefficient (Wildman–Crippen LogP) is -0.567. The van der Waals surface area contributed by atoms with Gasteiger partial charge in [0, 0.05) is 38.8 Å². The summed E-state index contributed by atoms with van der Waals surface area (Å²) in [4.78, 5) is 13.8. The van der Waals surface area contributed by atoms with Gasteiger partial charge in [0.05, 0.1) is 13.2 Å². The third-order valence-electron chi connectivity index (χ3n) is 2.76. The van der Waals surface area contributed by atoms with Crippen molar-refractivity contribution >= 4 is 5.91 Å². The first-order valence-corrected chi connectivity index (χ1v) is 6.03. The number of hydrogen-bond donors (Lipinski definition) is 2. The van der Waals surface area contributed by atoms with E-state index in [1.54, 1.807) is 0 Å². The van der Waals surface area contributed by atoms with Gasteiger partial charge in [-0.05, 0) is 13.8 Å².